The Balaban J connectivity index is 1.86. The van der Waals surface area contributed by atoms with Gasteiger partial charge in [-0.25, -0.2) is 8.42 Å². The molecule has 3 heteroatoms. The van der Waals surface area contributed by atoms with Crippen molar-refractivity contribution < 1.29 is 8.42 Å². The van der Waals surface area contributed by atoms with Gasteiger partial charge in [0.05, 0.1) is 11.0 Å². The van der Waals surface area contributed by atoms with Crippen LogP contribution in [0.1, 0.15) is 122 Å². The molecule has 0 heterocycles. The molecule has 2 nitrogen and oxygen atoms in total. The fourth-order valence-corrected chi connectivity index (χ4v) is 5.90. The summed E-state index contributed by atoms with van der Waals surface area (Å²) in [5, 5.41) is -0.0106. The van der Waals surface area contributed by atoms with E-state index in [1.165, 1.54) is 77.0 Å². The minimum Gasteiger partial charge on any atom is -0.229 e. The maximum Gasteiger partial charge on any atom is 0.153 e. The first kappa shape index (κ1) is 22.0. The van der Waals surface area contributed by atoms with E-state index < -0.39 is 9.84 Å². The molecule has 0 spiro atoms. The summed E-state index contributed by atoms with van der Waals surface area (Å²) in [6, 6.07) is 0. The molecular formula is C21H42O2S. The van der Waals surface area contributed by atoms with E-state index in [0.29, 0.717) is 5.75 Å². The molecule has 0 atom stereocenters. The normalized spacial score (nSPS) is 16.5. The fourth-order valence-electron chi connectivity index (χ4n) is 3.91. The summed E-state index contributed by atoms with van der Waals surface area (Å²) in [6.45, 7) is 2.27. The largest absolute Gasteiger partial charge is 0.229 e. The average molecular weight is 359 g/mol. The first-order valence-corrected chi connectivity index (χ1v) is 12.6. The zero-order chi connectivity index (χ0) is 17.5. The predicted molar refractivity (Wildman–Crippen MR) is 106 cm³/mol. The van der Waals surface area contributed by atoms with E-state index in [1.54, 1.807) is 0 Å². The van der Waals surface area contributed by atoms with Crippen molar-refractivity contribution in [2.24, 2.45) is 0 Å². The predicted octanol–water partition coefficient (Wildman–Crippen LogP) is 6.83. The van der Waals surface area contributed by atoms with Crippen LogP contribution in [0, 0.1) is 0 Å². The van der Waals surface area contributed by atoms with E-state index >= 15 is 0 Å². The highest BCUT2D eigenvalue weighted by molar-refractivity contribution is 7.92. The molecule has 0 unspecified atom stereocenters. The Hall–Kier alpha value is -0.0500. The Morgan fingerprint density at radius 2 is 1.04 bits per heavy atom. The topological polar surface area (TPSA) is 34.1 Å². The third-order valence-electron chi connectivity index (χ3n) is 5.59. The van der Waals surface area contributed by atoms with Crippen LogP contribution in [0.2, 0.25) is 0 Å². The molecule has 0 N–H and O–H groups in total. The second kappa shape index (κ2) is 14.2. The van der Waals surface area contributed by atoms with Crippen LogP contribution in [-0.4, -0.2) is 19.4 Å². The van der Waals surface area contributed by atoms with Gasteiger partial charge in [0.2, 0.25) is 0 Å². The van der Waals surface area contributed by atoms with Gasteiger partial charge in [-0.2, -0.15) is 0 Å². The average Bonchev–Trinajstić information content (AvgIpc) is 2.60. The number of rotatable bonds is 15. The van der Waals surface area contributed by atoms with Crippen molar-refractivity contribution in [1.82, 2.24) is 0 Å². The Morgan fingerprint density at radius 1 is 0.625 bits per heavy atom. The highest BCUT2D eigenvalue weighted by Crippen LogP contribution is 2.25. The maximum atomic E-state index is 12.3. The molecule has 0 saturated heterocycles. The van der Waals surface area contributed by atoms with Crippen molar-refractivity contribution in [3.05, 3.63) is 0 Å². The summed E-state index contributed by atoms with van der Waals surface area (Å²) in [7, 11) is -2.80. The molecule has 0 aliphatic heterocycles. The smallest absolute Gasteiger partial charge is 0.153 e. The summed E-state index contributed by atoms with van der Waals surface area (Å²) in [5.74, 6) is 0.440. The van der Waals surface area contributed by atoms with Gasteiger partial charge in [-0.1, -0.05) is 103 Å². The van der Waals surface area contributed by atoms with E-state index in [2.05, 4.69) is 6.92 Å². The second-order valence-electron chi connectivity index (χ2n) is 7.87. The van der Waals surface area contributed by atoms with Crippen LogP contribution in [0.25, 0.3) is 0 Å². The summed E-state index contributed by atoms with van der Waals surface area (Å²) in [4.78, 5) is 0. The molecule has 0 aromatic heterocycles. The number of hydrogen-bond donors (Lipinski definition) is 0. The highest BCUT2D eigenvalue weighted by atomic mass is 32.2. The van der Waals surface area contributed by atoms with Gasteiger partial charge in [0.1, 0.15) is 0 Å². The lowest BCUT2D eigenvalue weighted by Gasteiger charge is -2.21. The first-order chi connectivity index (χ1) is 11.7. The lowest BCUT2D eigenvalue weighted by atomic mass is 10.0. The van der Waals surface area contributed by atoms with E-state index in [0.717, 1.165) is 38.5 Å². The summed E-state index contributed by atoms with van der Waals surface area (Å²) in [6.07, 6.45) is 22.3. The van der Waals surface area contributed by atoms with Crippen LogP contribution in [0.3, 0.4) is 0 Å². The zero-order valence-electron chi connectivity index (χ0n) is 16.2. The molecular weight excluding hydrogens is 316 g/mol. The van der Waals surface area contributed by atoms with Gasteiger partial charge in [0.15, 0.2) is 9.84 Å². The lowest BCUT2D eigenvalue weighted by Crippen LogP contribution is -2.26. The van der Waals surface area contributed by atoms with Gasteiger partial charge in [0.25, 0.3) is 0 Å². The van der Waals surface area contributed by atoms with E-state index in [9.17, 15) is 8.42 Å². The first-order valence-electron chi connectivity index (χ1n) is 10.9. The van der Waals surface area contributed by atoms with Gasteiger partial charge < -0.3 is 0 Å². The summed E-state index contributed by atoms with van der Waals surface area (Å²) < 4.78 is 24.6. The lowest BCUT2D eigenvalue weighted by molar-refractivity contribution is 0.482. The molecule has 144 valence electrons. The van der Waals surface area contributed by atoms with Crippen LogP contribution in [0.5, 0.6) is 0 Å². The molecule has 0 amide bonds. The van der Waals surface area contributed by atoms with Crippen molar-refractivity contribution >= 4 is 9.84 Å². The van der Waals surface area contributed by atoms with Crippen LogP contribution >= 0.6 is 0 Å². The van der Waals surface area contributed by atoms with Gasteiger partial charge in [0, 0.05) is 0 Å². The standard InChI is InChI=1S/C21H42O2S/c1-2-3-4-5-6-7-8-9-10-11-12-13-17-20-24(22,23)21-18-15-14-16-19-21/h21H,2-20H2,1H3. The Kier molecular flexibility index (Phi) is 13.0. The molecule has 1 aliphatic carbocycles. The molecule has 0 bridgehead atoms. The highest BCUT2D eigenvalue weighted by Gasteiger charge is 2.26. The van der Waals surface area contributed by atoms with Crippen LogP contribution in [-0.2, 0) is 9.84 Å². The van der Waals surface area contributed by atoms with Crippen molar-refractivity contribution in [3.8, 4) is 0 Å². The molecule has 1 saturated carbocycles. The molecule has 1 aliphatic rings. The van der Waals surface area contributed by atoms with Gasteiger partial charge >= 0.3 is 0 Å². The molecule has 1 rings (SSSR count). The van der Waals surface area contributed by atoms with Crippen molar-refractivity contribution in [2.75, 3.05) is 5.75 Å². The number of hydrogen-bond acceptors (Lipinski definition) is 2. The number of unbranched alkanes of at least 4 members (excludes halogenated alkanes) is 12. The number of sulfone groups is 1. The summed E-state index contributed by atoms with van der Waals surface area (Å²) >= 11 is 0. The van der Waals surface area contributed by atoms with Gasteiger partial charge in [-0.3, -0.25) is 0 Å². The van der Waals surface area contributed by atoms with E-state index in [1.807, 2.05) is 0 Å². The van der Waals surface area contributed by atoms with Gasteiger partial charge in [-0.05, 0) is 19.3 Å². The maximum absolute atomic E-state index is 12.3. The van der Waals surface area contributed by atoms with Crippen LogP contribution in [0.4, 0.5) is 0 Å². The monoisotopic (exact) mass is 358 g/mol. The third kappa shape index (κ3) is 10.7. The van der Waals surface area contributed by atoms with E-state index in [-0.39, 0.29) is 5.25 Å². The second-order valence-corrected chi connectivity index (χ2v) is 10.3. The van der Waals surface area contributed by atoms with Crippen molar-refractivity contribution in [3.63, 3.8) is 0 Å². The molecule has 1 fully saturated rings. The SMILES string of the molecule is CCCCCCCCCCCCCCCS(=O)(=O)C1CCCCC1. The third-order valence-corrected chi connectivity index (χ3v) is 7.94. The van der Waals surface area contributed by atoms with Crippen molar-refractivity contribution in [1.29, 1.82) is 0 Å². The zero-order valence-corrected chi connectivity index (χ0v) is 17.1. The minimum atomic E-state index is -2.80. The Bertz CT molecular complexity index is 369. The quantitative estimate of drug-likeness (QED) is 0.301. The summed E-state index contributed by atoms with van der Waals surface area (Å²) in [5.41, 5.74) is 0. The molecule has 0 radical (unpaired) electrons. The Morgan fingerprint density at radius 3 is 1.50 bits per heavy atom. The fraction of sp³-hybridized carbons (Fsp3) is 1.00. The molecule has 24 heavy (non-hydrogen) atoms. The van der Waals surface area contributed by atoms with Crippen LogP contribution in [0.15, 0.2) is 0 Å². The van der Waals surface area contributed by atoms with Crippen LogP contribution < -0.4 is 0 Å². The van der Waals surface area contributed by atoms with E-state index in [4.69, 9.17) is 0 Å². The molecule has 0 aromatic carbocycles. The minimum absolute atomic E-state index is 0.0106. The van der Waals surface area contributed by atoms with Gasteiger partial charge in [-0.15, -0.1) is 0 Å². The molecule has 0 aromatic rings. The van der Waals surface area contributed by atoms with Crippen molar-refractivity contribution in [2.45, 2.75) is 128 Å². The Labute approximate surface area is 152 Å².